The molecule has 1 N–H and O–H groups in total. The number of carbonyl (C=O) groups is 1. The van der Waals surface area contributed by atoms with Gasteiger partial charge in [0, 0.05) is 22.7 Å². The molecule has 0 aliphatic carbocycles. The van der Waals surface area contributed by atoms with Crippen molar-refractivity contribution in [2.24, 2.45) is 0 Å². The SMILES string of the molecule is CCn1c(S/C(=C\c2c(OC(C)C)ccc3ccccc23)C(=O)O)nnc1-c1ccc(Cl)cc1. The molecule has 0 radical (unpaired) electrons. The van der Waals surface area contributed by atoms with Crippen molar-refractivity contribution in [3.63, 3.8) is 0 Å². The van der Waals surface area contributed by atoms with Crippen molar-refractivity contribution in [1.82, 2.24) is 14.8 Å². The Morgan fingerprint density at radius 1 is 1.12 bits per heavy atom. The van der Waals surface area contributed by atoms with Gasteiger partial charge >= 0.3 is 5.97 Å². The van der Waals surface area contributed by atoms with Gasteiger partial charge in [0.2, 0.25) is 0 Å². The Morgan fingerprint density at radius 2 is 1.85 bits per heavy atom. The maximum absolute atomic E-state index is 12.3. The summed E-state index contributed by atoms with van der Waals surface area (Å²) in [5.41, 5.74) is 1.57. The van der Waals surface area contributed by atoms with E-state index in [9.17, 15) is 9.90 Å². The van der Waals surface area contributed by atoms with Gasteiger partial charge in [-0.2, -0.15) is 0 Å². The first-order valence-electron chi connectivity index (χ1n) is 10.9. The second-order valence-corrected chi connectivity index (χ2v) is 9.28. The Balaban J connectivity index is 1.79. The van der Waals surface area contributed by atoms with E-state index in [0.717, 1.165) is 33.7 Å². The molecule has 0 aliphatic heterocycles. The number of fused-ring (bicyclic) bond motifs is 1. The average Bonchev–Trinajstić information content (AvgIpc) is 3.22. The predicted molar refractivity (Wildman–Crippen MR) is 137 cm³/mol. The number of nitrogens with zero attached hydrogens (tertiary/aromatic N) is 3. The minimum Gasteiger partial charge on any atom is -0.490 e. The lowest BCUT2D eigenvalue weighted by Gasteiger charge is -2.15. The van der Waals surface area contributed by atoms with E-state index in [1.54, 1.807) is 18.2 Å². The summed E-state index contributed by atoms with van der Waals surface area (Å²) in [5, 5.41) is 21.7. The van der Waals surface area contributed by atoms with Crippen LogP contribution in [0.25, 0.3) is 28.2 Å². The summed E-state index contributed by atoms with van der Waals surface area (Å²) in [6, 6.07) is 19.0. The molecule has 0 aliphatic rings. The second kappa shape index (κ2) is 10.3. The Kier molecular flexibility index (Phi) is 7.24. The average molecular weight is 494 g/mol. The van der Waals surface area contributed by atoms with Gasteiger partial charge in [-0.3, -0.25) is 0 Å². The third-order valence-electron chi connectivity index (χ3n) is 5.12. The van der Waals surface area contributed by atoms with Crippen LogP contribution in [0.1, 0.15) is 26.3 Å². The van der Waals surface area contributed by atoms with E-state index in [-0.39, 0.29) is 11.0 Å². The predicted octanol–water partition coefficient (Wildman–Crippen LogP) is 6.78. The highest BCUT2D eigenvalue weighted by Crippen LogP contribution is 2.35. The molecule has 0 amide bonds. The minimum atomic E-state index is -1.05. The number of aromatic nitrogens is 3. The zero-order valence-electron chi connectivity index (χ0n) is 19.0. The van der Waals surface area contributed by atoms with Crippen LogP contribution in [0.4, 0.5) is 0 Å². The third-order valence-corrected chi connectivity index (χ3v) is 6.37. The topological polar surface area (TPSA) is 77.2 Å². The largest absolute Gasteiger partial charge is 0.490 e. The first-order chi connectivity index (χ1) is 16.4. The van der Waals surface area contributed by atoms with Crippen molar-refractivity contribution in [2.75, 3.05) is 0 Å². The van der Waals surface area contributed by atoms with Gasteiger partial charge in [0.15, 0.2) is 11.0 Å². The Morgan fingerprint density at radius 3 is 2.53 bits per heavy atom. The van der Waals surface area contributed by atoms with Crippen LogP contribution in [0.15, 0.2) is 70.7 Å². The van der Waals surface area contributed by atoms with E-state index in [4.69, 9.17) is 16.3 Å². The highest BCUT2D eigenvalue weighted by Gasteiger charge is 2.20. The van der Waals surface area contributed by atoms with Gasteiger partial charge in [-0.15, -0.1) is 10.2 Å². The number of halogens is 1. The fraction of sp³-hybridized carbons (Fsp3) is 0.192. The molecular formula is C26H24ClN3O3S. The molecule has 8 heteroatoms. The number of hydrogen-bond donors (Lipinski definition) is 1. The molecule has 34 heavy (non-hydrogen) atoms. The Hall–Kier alpha value is -3.29. The van der Waals surface area contributed by atoms with Gasteiger partial charge in [-0.25, -0.2) is 4.79 Å². The molecule has 0 atom stereocenters. The number of aliphatic carboxylic acids is 1. The number of benzene rings is 3. The van der Waals surface area contributed by atoms with E-state index >= 15 is 0 Å². The fourth-order valence-corrected chi connectivity index (χ4v) is 4.60. The van der Waals surface area contributed by atoms with Crippen molar-refractivity contribution in [1.29, 1.82) is 0 Å². The third kappa shape index (κ3) is 5.11. The van der Waals surface area contributed by atoms with Crippen LogP contribution < -0.4 is 4.74 Å². The van der Waals surface area contributed by atoms with E-state index in [2.05, 4.69) is 10.2 Å². The number of rotatable bonds is 8. The van der Waals surface area contributed by atoms with Crippen molar-refractivity contribution < 1.29 is 14.6 Å². The van der Waals surface area contributed by atoms with Crippen LogP contribution in [-0.4, -0.2) is 31.9 Å². The molecule has 1 heterocycles. The molecule has 0 spiro atoms. The fourth-order valence-electron chi connectivity index (χ4n) is 3.61. The van der Waals surface area contributed by atoms with Crippen molar-refractivity contribution in [3.8, 4) is 17.1 Å². The Bertz CT molecular complexity index is 1360. The van der Waals surface area contributed by atoms with Crippen molar-refractivity contribution >= 4 is 46.2 Å². The van der Waals surface area contributed by atoms with Crippen LogP contribution in [0.2, 0.25) is 5.02 Å². The summed E-state index contributed by atoms with van der Waals surface area (Å²) >= 11 is 7.08. The van der Waals surface area contributed by atoms with Gasteiger partial charge in [0.05, 0.1) is 6.10 Å². The summed E-state index contributed by atoms with van der Waals surface area (Å²) in [6.45, 7) is 6.43. The van der Waals surface area contributed by atoms with E-state index in [1.165, 1.54) is 0 Å². The van der Waals surface area contributed by atoms with Crippen molar-refractivity contribution in [2.45, 2.75) is 38.6 Å². The molecule has 4 aromatic rings. The normalized spacial score (nSPS) is 11.9. The molecule has 3 aromatic carbocycles. The molecular weight excluding hydrogens is 470 g/mol. The zero-order chi connectivity index (χ0) is 24.2. The van der Waals surface area contributed by atoms with Crippen LogP contribution in [0.3, 0.4) is 0 Å². The minimum absolute atomic E-state index is 0.0561. The van der Waals surface area contributed by atoms with Crippen LogP contribution in [0, 0.1) is 0 Å². The van der Waals surface area contributed by atoms with Crippen LogP contribution >= 0.6 is 23.4 Å². The summed E-state index contributed by atoms with van der Waals surface area (Å²) in [4.78, 5) is 12.4. The van der Waals surface area contributed by atoms with Crippen LogP contribution in [0.5, 0.6) is 5.75 Å². The smallest absolute Gasteiger partial charge is 0.342 e. The maximum Gasteiger partial charge on any atom is 0.342 e. The number of carboxylic acids is 1. The first-order valence-corrected chi connectivity index (χ1v) is 12.1. The second-order valence-electron chi connectivity index (χ2n) is 7.84. The molecule has 6 nitrogen and oxygen atoms in total. The van der Waals surface area contributed by atoms with Crippen LogP contribution in [-0.2, 0) is 11.3 Å². The van der Waals surface area contributed by atoms with Gasteiger partial charge < -0.3 is 14.4 Å². The summed E-state index contributed by atoms with van der Waals surface area (Å²) in [7, 11) is 0. The molecule has 0 bridgehead atoms. The summed E-state index contributed by atoms with van der Waals surface area (Å²) in [6.07, 6.45) is 1.60. The molecule has 0 saturated carbocycles. The van der Waals surface area contributed by atoms with Gasteiger partial charge in [-0.05, 0) is 79.7 Å². The lowest BCUT2D eigenvalue weighted by Crippen LogP contribution is -2.07. The zero-order valence-corrected chi connectivity index (χ0v) is 20.6. The highest BCUT2D eigenvalue weighted by atomic mass is 35.5. The van der Waals surface area contributed by atoms with Gasteiger partial charge in [0.25, 0.3) is 0 Å². The maximum atomic E-state index is 12.3. The number of carboxylic acid groups (broad SMARTS) is 1. The monoisotopic (exact) mass is 493 g/mol. The lowest BCUT2D eigenvalue weighted by molar-refractivity contribution is -0.131. The molecule has 0 fully saturated rings. The number of ether oxygens (including phenoxy) is 1. The Labute approximate surface area is 207 Å². The first kappa shape index (κ1) is 23.9. The molecule has 174 valence electrons. The molecule has 0 unspecified atom stereocenters. The standard InChI is InChI=1S/C26H24ClN3O3S/c1-4-30-24(18-9-12-19(27)13-10-18)28-29-26(30)34-23(25(31)32)15-21-20-8-6-5-7-17(20)11-14-22(21)33-16(2)3/h5-16H,4H2,1-3H3,(H,31,32)/b23-15-. The molecule has 1 aromatic heterocycles. The summed E-state index contributed by atoms with van der Waals surface area (Å²) in [5.74, 6) is 0.236. The van der Waals surface area contributed by atoms with E-state index in [1.807, 2.05) is 73.9 Å². The lowest BCUT2D eigenvalue weighted by atomic mass is 10.0. The number of thioether (sulfide) groups is 1. The van der Waals surface area contributed by atoms with E-state index in [0.29, 0.717) is 28.3 Å². The van der Waals surface area contributed by atoms with E-state index < -0.39 is 5.97 Å². The highest BCUT2D eigenvalue weighted by molar-refractivity contribution is 8.04. The van der Waals surface area contributed by atoms with Gasteiger partial charge in [-0.1, -0.05) is 41.9 Å². The molecule has 4 rings (SSSR count). The molecule has 0 saturated heterocycles. The number of hydrogen-bond acceptors (Lipinski definition) is 5. The van der Waals surface area contributed by atoms with Gasteiger partial charge in [0.1, 0.15) is 10.7 Å². The quantitative estimate of drug-likeness (QED) is 0.215. The summed E-state index contributed by atoms with van der Waals surface area (Å²) < 4.78 is 7.90. The van der Waals surface area contributed by atoms with Crippen molar-refractivity contribution in [3.05, 3.63) is 76.2 Å².